The molecule has 258 valence electrons. The monoisotopic (exact) mass is 680 g/mol. The highest BCUT2D eigenvalue weighted by Gasteiger charge is 2.52. The van der Waals surface area contributed by atoms with E-state index in [2.05, 4.69) is 20.6 Å². The fourth-order valence-corrected chi connectivity index (χ4v) is 6.89. The van der Waals surface area contributed by atoms with Gasteiger partial charge in [0.1, 0.15) is 0 Å². The van der Waals surface area contributed by atoms with Gasteiger partial charge in [-0.25, -0.2) is 0 Å². The molecule has 0 aliphatic carbocycles. The maximum atomic E-state index is 14.2. The van der Waals surface area contributed by atoms with Crippen LogP contribution in [-0.4, -0.2) is 48.6 Å². The number of allylic oxidation sites excluding steroid dienone is 1. The van der Waals surface area contributed by atoms with Crippen LogP contribution >= 0.6 is 0 Å². The van der Waals surface area contributed by atoms with Gasteiger partial charge in [-0.2, -0.15) is 0 Å². The number of aliphatic hydroxyl groups excluding tert-OH is 1. The molecule has 10 nitrogen and oxygen atoms in total. The van der Waals surface area contributed by atoms with Crippen LogP contribution in [0.1, 0.15) is 47.2 Å². The minimum atomic E-state index is -1.86. The molecular formula is C41H40N6O4. The zero-order valence-corrected chi connectivity index (χ0v) is 28.3. The van der Waals surface area contributed by atoms with E-state index in [4.69, 9.17) is 0 Å². The van der Waals surface area contributed by atoms with Crippen molar-refractivity contribution in [3.8, 4) is 0 Å². The number of amides is 2. The Morgan fingerprint density at radius 2 is 1.75 bits per heavy atom. The van der Waals surface area contributed by atoms with Gasteiger partial charge in [-0.05, 0) is 47.4 Å². The first-order chi connectivity index (χ1) is 24.8. The van der Waals surface area contributed by atoms with E-state index in [-0.39, 0.29) is 24.9 Å². The molecule has 0 bridgehead atoms. The minimum Gasteiger partial charge on any atom is -0.395 e. The van der Waals surface area contributed by atoms with E-state index >= 15 is 0 Å². The Bertz CT molecular complexity index is 2180. The second-order valence-electron chi connectivity index (χ2n) is 13.0. The highest BCUT2D eigenvalue weighted by Crippen LogP contribution is 2.47. The molecule has 2 amide bonds. The molecule has 10 heteroatoms. The van der Waals surface area contributed by atoms with Crippen molar-refractivity contribution in [1.82, 2.24) is 20.0 Å². The fraction of sp³-hybridized carbons (Fsp3) is 0.220. The fourth-order valence-electron chi connectivity index (χ4n) is 6.89. The Morgan fingerprint density at radius 3 is 2.53 bits per heavy atom. The van der Waals surface area contributed by atoms with Gasteiger partial charge in [-0.1, -0.05) is 103 Å². The number of hydrogen-bond donors (Lipinski definition) is 4. The molecule has 4 aromatic carbocycles. The van der Waals surface area contributed by atoms with Crippen molar-refractivity contribution in [2.24, 2.45) is 5.92 Å². The summed E-state index contributed by atoms with van der Waals surface area (Å²) in [5.74, 6) is -1.48. The summed E-state index contributed by atoms with van der Waals surface area (Å²) in [4.78, 5) is 32.2. The number of aryl methyl sites for hydroxylation is 1. The Hall–Kier alpha value is -5.84. The summed E-state index contributed by atoms with van der Waals surface area (Å²) in [5, 5.41) is 34.9. The van der Waals surface area contributed by atoms with Crippen molar-refractivity contribution >= 4 is 34.1 Å². The number of nitrogens with one attached hydrogen (secondary N) is 2. The standard InChI is InChI=1S/C41H40N6O4/c1-28(12-10-11-21-46-26-37(44-45-46)34(27-48)30-15-6-3-7-16-30)41(51)35-23-32(43-39(49)22-31-24-42-36-18-9-8-17-33(31)36)19-20-38(35)47(40(41)50)25-29-13-4-2-5-14-29/h2-10,12-20,23-24,26,28,34,42,48,51H,11,21-22,25,27H2,1H3,(H,43,49)/b12-10+/t28-,34?,41+/m1/s1. The molecular weight excluding hydrogens is 640 g/mol. The molecule has 0 saturated heterocycles. The number of aromatic amines is 1. The summed E-state index contributed by atoms with van der Waals surface area (Å²) in [6.07, 6.45) is 8.23. The number of para-hydroxylation sites is 1. The van der Waals surface area contributed by atoms with Crippen LogP contribution in [0.5, 0.6) is 0 Å². The molecule has 7 rings (SSSR count). The molecule has 6 aromatic rings. The van der Waals surface area contributed by atoms with Crippen LogP contribution in [0.15, 0.2) is 128 Å². The number of rotatable bonds is 13. The molecule has 0 saturated carbocycles. The molecule has 2 aromatic heterocycles. The maximum Gasteiger partial charge on any atom is 0.264 e. The van der Waals surface area contributed by atoms with E-state index in [1.807, 2.05) is 116 Å². The molecule has 4 N–H and O–H groups in total. The Labute approximate surface area is 296 Å². The number of aromatic nitrogens is 4. The van der Waals surface area contributed by atoms with Gasteiger partial charge in [0.05, 0.1) is 36.9 Å². The van der Waals surface area contributed by atoms with Gasteiger partial charge >= 0.3 is 0 Å². The summed E-state index contributed by atoms with van der Waals surface area (Å²) >= 11 is 0. The Morgan fingerprint density at radius 1 is 1.00 bits per heavy atom. The van der Waals surface area contributed by atoms with E-state index in [0.29, 0.717) is 42.1 Å². The quantitative estimate of drug-likeness (QED) is 0.109. The highest BCUT2D eigenvalue weighted by molar-refractivity contribution is 6.08. The van der Waals surface area contributed by atoms with Crippen LogP contribution in [-0.2, 0) is 34.7 Å². The molecule has 1 aliphatic heterocycles. The van der Waals surface area contributed by atoms with Gasteiger partial charge in [-0.3, -0.25) is 14.3 Å². The second-order valence-corrected chi connectivity index (χ2v) is 13.0. The molecule has 51 heavy (non-hydrogen) atoms. The molecule has 0 spiro atoms. The SMILES string of the molecule is C[C@H](/C=C/CCn1cc(C(CO)c2ccccc2)nn1)[C@@]1(O)C(=O)N(Cc2ccccc2)c2ccc(NC(=O)Cc3c[nH]c4ccccc34)cc21. The second kappa shape index (κ2) is 14.6. The van der Waals surface area contributed by atoms with Gasteiger partial charge in [0.25, 0.3) is 5.91 Å². The lowest BCUT2D eigenvalue weighted by molar-refractivity contribution is -0.139. The third-order valence-corrected chi connectivity index (χ3v) is 9.67. The van der Waals surface area contributed by atoms with Gasteiger partial charge in [-0.15, -0.1) is 5.10 Å². The van der Waals surface area contributed by atoms with Crippen molar-refractivity contribution in [2.75, 3.05) is 16.8 Å². The number of carbonyl (C=O) groups is 2. The van der Waals surface area contributed by atoms with Crippen LogP contribution in [0.25, 0.3) is 10.9 Å². The zero-order valence-electron chi connectivity index (χ0n) is 28.3. The normalized spacial score (nSPS) is 16.8. The largest absolute Gasteiger partial charge is 0.395 e. The van der Waals surface area contributed by atoms with Crippen LogP contribution in [0.4, 0.5) is 11.4 Å². The topological polar surface area (TPSA) is 136 Å². The predicted octanol–water partition coefficient (Wildman–Crippen LogP) is 6.08. The van der Waals surface area contributed by atoms with Crippen LogP contribution in [0, 0.1) is 5.92 Å². The summed E-state index contributed by atoms with van der Waals surface area (Å²) in [6.45, 7) is 2.57. The lowest BCUT2D eigenvalue weighted by Gasteiger charge is -2.28. The third-order valence-electron chi connectivity index (χ3n) is 9.67. The Kier molecular flexibility index (Phi) is 9.61. The van der Waals surface area contributed by atoms with E-state index in [1.165, 1.54) is 0 Å². The highest BCUT2D eigenvalue weighted by atomic mass is 16.3. The first-order valence-electron chi connectivity index (χ1n) is 17.1. The predicted molar refractivity (Wildman–Crippen MR) is 197 cm³/mol. The van der Waals surface area contributed by atoms with Crippen molar-refractivity contribution in [1.29, 1.82) is 0 Å². The summed E-state index contributed by atoms with van der Waals surface area (Å²) in [7, 11) is 0. The number of aliphatic hydroxyl groups is 2. The van der Waals surface area contributed by atoms with Crippen LogP contribution in [0.2, 0.25) is 0 Å². The molecule has 1 unspecified atom stereocenters. The van der Waals surface area contributed by atoms with E-state index in [0.717, 1.165) is 27.6 Å². The van der Waals surface area contributed by atoms with E-state index in [1.54, 1.807) is 27.8 Å². The van der Waals surface area contributed by atoms with Gasteiger partial charge in [0.2, 0.25) is 5.91 Å². The van der Waals surface area contributed by atoms with Gasteiger partial charge in [0.15, 0.2) is 5.60 Å². The lowest BCUT2D eigenvalue weighted by Crippen LogP contribution is -2.44. The minimum absolute atomic E-state index is 0.0784. The smallest absolute Gasteiger partial charge is 0.264 e. The molecule has 1 aliphatic rings. The van der Waals surface area contributed by atoms with Crippen molar-refractivity contribution in [2.45, 2.75) is 44.4 Å². The molecule has 0 fully saturated rings. The number of hydrogen-bond acceptors (Lipinski definition) is 6. The average Bonchev–Trinajstić information content (AvgIpc) is 3.84. The average molecular weight is 681 g/mol. The third kappa shape index (κ3) is 6.84. The molecule has 0 radical (unpaired) electrons. The maximum absolute atomic E-state index is 14.2. The summed E-state index contributed by atoms with van der Waals surface area (Å²) in [6, 6.07) is 32.5. The lowest BCUT2D eigenvalue weighted by atomic mass is 9.82. The number of nitrogens with zero attached hydrogens (tertiary/aromatic N) is 4. The summed E-state index contributed by atoms with van der Waals surface area (Å²) in [5.41, 5.74) is 4.13. The zero-order chi connectivity index (χ0) is 35.4. The van der Waals surface area contributed by atoms with Crippen molar-refractivity contribution in [3.05, 3.63) is 156 Å². The van der Waals surface area contributed by atoms with E-state index in [9.17, 15) is 19.8 Å². The van der Waals surface area contributed by atoms with Crippen LogP contribution < -0.4 is 10.2 Å². The van der Waals surface area contributed by atoms with Crippen molar-refractivity contribution < 1.29 is 19.8 Å². The van der Waals surface area contributed by atoms with Crippen LogP contribution in [0.3, 0.4) is 0 Å². The molecule has 3 heterocycles. The first-order valence-corrected chi connectivity index (χ1v) is 17.1. The van der Waals surface area contributed by atoms with Gasteiger partial charge in [0, 0.05) is 47.0 Å². The number of benzene rings is 4. The van der Waals surface area contributed by atoms with E-state index < -0.39 is 17.4 Å². The number of anilines is 2. The molecule has 3 atom stereocenters. The first kappa shape index (κ1) is 33.6. The Balaban J connectivity index is 1.09. The number of H-pyrrole nitrogens is 1. The number of carbonyl (C=O) groups excluding carboxylic acids is 2. The van der Waals surface area contributed by atoms with Crippen molar-refractivity contribution in [3.63, 3.8) is 0 Å². The number of fused-ring (bicyclic) bond motifs is 2. The van der Waals surface area contributed by atoms with Gasteiger partial charge < -0.3 is 25.4 Å². The summed E-state index contributed by atoms with van der Waals surface area (Å²) < 4.78 is 1.73.